The Hall–Kier alpha value is -2.90. The molecule has 120 valence electrons. The molecular weight excluding hydrogens is 311 g/mol. The van der Waals surface area contributed by atoms with E-state index in [0.717, 1.165) is 23.3 Å². The fourth-order valence-electron chi connectivity index (χ4n) is 1.86. The standard InChI is InChI=1S/C15H12F3N3O2/c1-10-4-2-3-5-11(10)9-19-20-13-7-6-12(15(16,17)18)8-14(13)21(22)23/h2-9,20H,1H3. The number of alkyl halides is 3. The Balaban J connectivity index is 2.26. The molecule has 8 heteroatoms. The van der Waals surface area contributed by atoms with E-state index in [2.05, 4.69) is 10.5 Å². The van der Waals surface area contributed by atoms with E-state index in [1.165, 1.54) is 6.21 Å². The lowest BCUT2D eigenvalue weighted by atomic mass is 10.1. The number of nitro benzene ring substituents is 1. The summed E-state index contributed by atoms with van der Waals surface area (Å²) in [4.78, 5) is 10.0. The summed E-state index contributed by atoms with van der Waals surface area (Å²) in [5.74, 6) is 0. The third-order valence-electron chi connectivity index (χ3n) is 3.10. The van der Waals surface area contributed by atoms with Gasteiger partial charge >= 0.3 is 6.18 Å². The van der Waals surface area contributed by atoms with Gasteiger partial charge in [0, 0.05) is 6.07 Å². The maximum absolute atomic E-state index is 12.6. The minimum absolute atomic E-state index is 0.118. The van der Waals surface area contributed by atoms with E-state index in [9.17, 15) is 23.3 Å². The average molecular weight is 323 g/mol. The number of hydrogen-bond donors (Lipinski definition) is 1. The van der Waals surface area contributed by atoms with Crippen LogP contribution >= 0.6 is 0 Å². The van der Waals surface area contributed by atoms with Crippen LogP contribution in [0, 0.1) is 17.0 Å². The Bertz CT molecular complexity index is 758. The summed E-state index contributed by atoms with van der Waals surface area (Å²) in [6.45, 7) is 1.86. The van der Waals surface area contributed by atoms with Crippen LogP contribution in [-0.2, 0) is 6.18 Å². The van der Waals surface area contributed by atoms with Crippen molar-refractivity contribution >= 4 is 17.6 Å². The molecule has 0 bridgehead atoms. The molecule has 0 aliphatic carbocycles. The van der Waals surface area contributed by atoms with Crippen LogP contribution < -0.4 is 5.43 Å². The molecule has 23 heavy (non-hydrogen) atoms. The van der Waals surface area contributed by atoms with E-state index < -0.39 is 22.4 Å². The number of hydrazone groups is 1. The van der Waals surface area contributed by atoms with Gasteiger partial charge in [0.15, 0.2) is 0 Å². The Morgan fingerprint density at radius 1 is 1.22 bits per heavy atom. The molecule has 5 nitrogen and oxygen atoms in total. The van der Waals surface area contributed by atoms with E-state index in [-0.39, 0.29) is 5.69 Å². The Morgan fingerprint density at radius 3 is 2.52 bits per heavy atom. The summed E-state index contributed by atoms with van der Waals surface area (Å²) >= 11 is 0. The van der Waals surface area contributed by atoms with Gasteiger partial charge in [-0.1, -0.05) is 24.3 Å². The Kier molecular flexibility index (Phi) is 4.63. The highest BCUT2D eigenvalue weighted by Crippen LogP contribution is 2.34. The van der Waals surface area contributed by atoms with Crippen molar-refractivity contribution < 1.29 is 18.1 Å². The molecule has 2 aromatic carbocycles. The van der Waals surface area contributed by atoms with E-state index >= 15 is 0 Å². The van der Waals surface area contributed by atoms with Crippen molar-refractivity contribution in [1.29, 1.82) is 0 Å². The molecule has 0 amide bonds. The van der Waals surface area contributed by atoms with Gasteiger partial charge < -0.3 is 0 Å². The molecule has 0 saturated heterocycles. The van der Waals surface area contributed by atoms with Gasteiger partial charge in [-0.15, -0.1) is 0 Å². The molecule has 0 saturated carbocycles. The van der Waals surface area contributed by atoms with Crippen LogP contribution in [0.5, 0.6) is 0 Å². The molecule has 0 atom stereocenters. The van der Waals surface area contributed by atoms with Gasteiger partial charge in [-0.05, 0) is 30.2 Å². The fourth-order valence-corrected chi connectivity index (χ4v) is 1.86. The number of rotatable bonds is 4. The van der Waals surface area contributed by atoms with Crippen LogP contribution in [0.25, 0.3) is 0 Å². The van der Waals surface area contributed by atoms with Crippen LogP contribution in [-0.4, -0.2) is 11.1 Å². The molecule has 2 aromatic rings. The van der Waals surface area contributed by atoms with E-state index in [1.54, 1.807) is 12.1 Å². The van der Waals surface area contributed by atoms with Gasteiger partial charge in [0.1, 0.15) is 5.69 Å². The van der Waals surface area contributed by atoms with Crippen molar-refractivity contribution in [3.8, 4) is 0 Å². The number of halogens is 3. The van der Waals surface area contributed by atoms with Gasteiger partial charge in [-0.25, -0.2) is 0 Å². The fraction of sp³-hybridized carbons (Fsp3) is 0.133. The lowest BCUT2D eigenvalue weighted by Crippen LogP contribution is -2.06. The summed E-state index contributed by atoms with van der Waals surface area (Å²) < 4.78 is 37.8. The van der Waals surface area contributed by atoms with Crippen molar-refractivity contribution in [2.75, 3.05) is 5.43 Å². The predicted molar refractivity (Wildman–Crippen MR) is 80.5 cm³/mol. The molecule has 2 rings (SSSR count). The Labute approximate surface area is 129 Å². The van der Waals surface area contributed by atoms with Gasteiger partial charge in [-0.3, -0.25) is 15.5 Å². The summed E-state index contributed by atoms with van der Waals surface area (Å²) in [7, 11) is 0. The van der Waals surface area contributed by atoms with Gasteiger partial charge in [-0.2, -0.15) is 18.3 Å². The summed E-state index contributed by atoms with van der Waals surface area (Å²) in [6, 6.07) is 9.53. The molecule has 0 fully saturated rings. The quantitative estimate of drug-likeness (QED) is 0.516. The minimum atomic E-state index is -4.65. The van der Waals surface area contributed by atoms with Crippen molar-refractivity contribution in [2.45, 2.75) is 13.1 Å². The molecule has 0 unspecified atom stereocenters. The smallest absolute Gasteiger partial charge is 0.272 e. The minimum Gasteiger partial charge on any atom is -0.272 e. The first-order valence-corrected chi connectivity index (χ1v) is 6.49. The lowest BCUT2D eigenvalue weighted by Gasteiger charge is -2.08. The predicted octanol–water partition coefficient (Wildman–Crippen LogP) is 4.37. The van der Waals surface area contributed by atoms with E-state index in [4.69, 9.17) is 0 Å². The summed E-state index contributed by atoms with van der Waals surface area (Å²) in [5, 5.41) is 14.8. The largest absolute Gasteiger partial charge is 0.416 e. The first kappa shape index (κ1) is 16.5. The number of aryl methyl sites for hydroxylation is 1. The highest BCUT2D eigenvalue weighted by molar-refractivity contribution is 5.82. The average Bonchev–Trinajstić information content (AvgIpc) is 2.48. The first-order valence-electron chi connectivity index (χ1n) is 6.49. The molecule has 1 N–H and O–H groups in total. The van der Waals surface area contributed by atoms with Crippen LogP contribution in [0.3, 0.4) is 0 Å². The van der Waals surface area contributed by atoms with Crippen LogP contribution in [0.4, 0.5) is 24.5 Å². The van der Waals surface area contributed by atoms with Gasteiger partial charge in [0.2, 0.25) is 0 Å². The van der Waals surface area contributed by atoms with E-state index in [1.807, 2.05) is 19.1 Å². The van der Waals surface area contributed by atoms with Gasteiger partial charge in [0.05, 0.1) is 16.7 Å². The number of benzene rings is 2. The maximum Gasteiger partial charge on any atom is 0.416 e. The number of nitrogens with zero attached hydrogens (tertiary/aromatic N) is 2. The van der Waals surface area contributed by atoms with Crippen molar-refractivity contribution in [3.05, 3.63) is 69.3 Å². The SMILES string of the molecule is Cc1ccccc1C=NNc1ccc(C(F)(F)F)cc1[N+](=O)[O-]. The summed E-state index contributed by atoms with van der Waals surface area (Å²) in [6.07, 6.45) is -3.20. The normalized spacial score (nSPS) is 11.7. The van der Waals surface area contributed by atoms with E-state index in [0.29, 0.717) is 6.07 Å². The maximum atomic E-state index is 12.6. The molecule has 0 radical (unpaired) electrons. The topological polar surface area (TPSA) is 67.5 Å². The van der Waals surface area contributed by atoms with Crippen molar-refractivity contribution in [1.82, 2.24) is 0 Å². The summed E-state index contributed by atoms with van der Waals surface area (Å²) in [5.41, 5.74) is 2.24. The zero-order chi connectivity index (χ0) is 17.0. The Morgan fingerprint density at radius 2 is 1.91 bits per heavy atom. The third-order valence-corrected chi connectivity index (χ3v) is 3.10. The van der Waals surface area contributed by atoms with Crippen molar-refractivity contribution in [3.63, 3.8) is 0 Å². The highest BCUT2D eigenvalue weighted by atomic mass is 19.4. The number of nitrogens with one attached hydrogen (secondary N) is 1. The zero-order valence-electron chi connectivity index (χ0n) is 12.0. The molecule has 0 aliphatic rings. The van der Waals surface area contributed by atoms with Crippen molar-refractivity contribution in [2.24, 2.45) is 5.10 Å². The van der Waals surface area contributed by atoms with Crippen LogP contribution in [0.15, 0.2) is 47.6 Å². The molecular formula is C15H12F3N3O2. The lowest BCUT2D eigenvalue weighted by molar-refractivity contribution is -0.384. The first-order chi connectivity index (χ1) is 10.8. The zero-order valence-corrected chi connectivity index (χ0v) is 12.0. The highest BCUT2D eigenvalue weighted by Gasteiger charge is 2.33. The van der Waals surface area contributed by atoms with Gasteiger partial charge in [0.25, 0.3) is 5.69 Å². The number of hydrogen-bond acceptors (Lipinski definition) is 4. The number of anilines is 1. The third kappa shape index (κ3) is 4.06. The molecule has 0 aromatic heterocycles. The van der Waals surface area contributed by atoms with Crippen LogP contribution in [0.1, 0.15) is 16.7 Å². The molecule has 0 spiro atoms. The second-order valence-corrected chi connectivity index (χ2v) is 4.71. The molecule has 0 heterocycles. The second-order valence-electron chi connectivity index (χ2n) is 4.71. The monoisotopic (exact) mass is 323 g/mol. The molecule has 0 aliphatic heterocycles. The van der Waals surface area contributed by atoms with Crippen LogP contribution in [0.2, 0.25) is 0 Å². The number of nitro groups is 1. The second kappa shape index (κ2) is 6.47.